The lowest BCUT2D eigenvalue weighted by Crippen LogP contribution is -2.51. The van der Waals surface area contributed by atoms with Crippen molar-refractivity contribution in [3.05, 3.63) is 30.1 Å². The summed E-state index contributed by atoms with van der Waals surface area (Å²) in [4.78, 5) is 23.3. The van der Waals surface area contributed by atoms with Gasteiger partial charge in [0.2, 0.25) is 5.91 Å². The van der Waals surface area contributed by atoms with E-state index in [9.17, 15) is 19.1 Å². The number of anilines is 1. The molecule has 1 aromatic carbocycles. The van der Waals surface area contributed by atoms with Crippen molar-refractivity contribution < 1.29 is 23.8 Å². The first-order chi connectivity index (χ1) is 12.5. The number of hydrogen-bond acceptors (Lipinski definition) is 4. The van der Waals surface area contributed by atoms with Crippen molar-refractivity contribution in [2.24, 2.45) is 0 Å². The van der Waals surface area contributed by atoms with Gasteiger partial charge < -0.3 is 25.8 Å². The smallest absolute Gasteiger partial charge is 0.319 e. The largest absolute Gasteiger partial charge is 0.394 e. The molecule has 0 unspecified atom stereocenters. The molecule has 1 aliphatic rings. The SMILES string of the molecule is CCC(=O)N[C@H]1CC[C@H](CCNC(=O)Nc2ccc(F)cc2)O[C@@H]1CO. The summed E-state index contributed by atoms with van der Waals surface area (Å²) >= 11 is 0. The van der Waals surface area contributed by atoms with Gasteiger partial charge in [0.1, 0.15) is 11.9 Å². The number of carbonyl (C=O) groups excluding carboxylic acids is 2. The molecule has 0 aliphatic carbocycles. The first-order valence-electron chi connectivity index (χ1n) is 8.88. The van der Waals surface area contributed by atoms with Gasteiger partial charge in [-0.2, -0.15) is 0 Å². The maximum absolute atomic E-state index is 12.8. The van der Waals surface area contributed by atoms with Crippen molar-refractivity contribution in [2.75, 3.05) is 18.5 Å². The molecule has 0 bridgehead atoms. The van der Waals surface area contributed by atoms with E-state index in [4.69, 9.17) is 4.74 Å². The molecule has 7 nitrogen and oxygen atoms in total. The van der Waals surface area contributed by atoms with Gasteiger partial charge in [-0.05, 0) is 43.5 Å². The summed E-state index contributed by atoms with van der Waals surface area (Å²) in [6.07, 6.45) is 1.94. The van der Waals surface area contributed by atoms with Crippen molar-refractivity contribution in [1.82, 2.24) is 10.6 Å². The second kappa shape index (κ2) is 10.1. The lowest BCUT2D eigenvalue weighted by Gasteiger charge is -2.36. The number of halogens is 1. The van der Waals surface area contributed by atoms with Gasteiger partial charge in [0.15, 0.2) is 0 Å². The van der Waals surface area contributed by atoms with E-state index >= 15 is 0 Å². The average Bonchev–Trinajstić information content (AvgIpc) is 2.64. The Balaban J connectivity index is 1.70. The van der Waals surface area contributed by atoms with Crippen LogP contribution in [0.1, 0.15) is 32.6 Å². The average molecular weight is 367 g/mol. The third-order valence-electron chi connectivity index (χ3n) is 4.32. The van der Waals surface area contributed by atoms with Crippen LogP contribution in [0.3, 0.4) is 0 Å². The number of urea groups is 1. The van der Waals surface area contributed by atoms with Gasteiger partial charge in [0.25, 0.3) is 0 Å². The van der Waals surface area contributed by atoms with E-state index in [1.165, 1.54) is 24.3 Å². The maximum Gasteiger partial charge on any atom is 0.319 e. The first-order valence-corrected chi connectivity index (χ1v) is 8.88. The molecule has 144 valence electrons. The number of nitrogens with one attached hydrogen (secondary N) is 3. The zero-order chi connectivity index (χ0) is 18.9. The molecule has 0 saturated carbocycles. The Labute approximate surface area is 152 Å². The fourth-order valence-corrected chi connectivity index (χ4v) is 2.87. The summed E-state index contributed by atoms with van der Waals surface area (Å²) in [6, 6.07) is 4.95. The molecule has 1 fully saturated rings. The molecule has 1 aliphatic heterocycles. The molecule has 4 N–H and O–H groups in total. The predicted octanol–water partition coefficient (Wildman–Crippen LogP) is 1.77. The van der Waals surface area contributed by atoms with Gasteiger partial charge in [-0.25, -0.2) is 9.18 Å². The summed E-state index contributed by atoms with van der Waals surface area (Å²) in [5, 5.41) is 17.7. The van der Waals surface area contributed by atoms with Crippen molar-refractivity contribution >= 4 is 17.6 Å². The van der Waals surface area contributed by atoms with E-state index in [2.05, 4.69) is 16.0 Å². The number of amides is 3. The monoisotopic (exact) mass is 367 g/mol. The third-order valence-corrected chi connectivity index (χ3v) is 4.32. The number of ether oxygens (including phenoxy) is 1. The fourth-order valence-electron chi connectivity index (χ4n) is 2.87. The van der Waals surface area contributed by atoms with Crippen molar-refractivity contribution in [1.29, 1.82) is 0 Å². The number of benzene rings is 1. The lowest BCUT2D eigenvalue weighted by atomic mass is 9.97. The first kappa shape index (κ1) is 20.1. The predicted molar refractivity (Wildman–Crippen MR) is 95.2 cm³/mol. The van der Waals surface area contributed by atoms with Crippen molar-refractivity contribution in [3.63, 3.8) is 0 Å². The maximum atomic E-state index is 12.8. The van der Waals surface area contributed by atoms with Crippen LogP contribution in [0.5, 0.6) is 0 Å². The summed E-state index contributed by atoms with van der Waals surface area (Å²) in [5.74, 6) is -0.424. The summed E-state index contributed by atoms with van der Waals surface area (Å²) in [5.41, 5.74) is 0.507. The van der Waals surface area contributed by atoms with Gasteiger partial charge in [0.05, 0.1) is 18.8 Å². The lowest BCUT2D eigenvalue weighted by molar-refractivity contribution is -0.128. The zero-order valence-electron chi connectivity index (χ0n) is 14.8. The number of aliphatic hydroxyl groups excluding tert-OH is 1. The zero-order valence-corrected chi connectivity index (χ0v) is 14.8. The van der Waals surface area contributed by atoms with Crippen LogP contribution in [0, 0.1) is 5.82 Å². The molecule has 0 radical (unpaired) electrons. The topological polar surface area (TPSA) is 99.7 Å². The van der Waals surface area contributed by atoms with Crippen LogP contribution < -0.4 is 16.0 Å². The van der Waals surface area contributed by atoms with Crippen LogP contribution in [0.2, 0.25) is 0 Å². The Hall–Kier alpha value is -2.19. The minimum absolute atomic E-state index is 0.0605. The molecule has 8 heteroatoms. The Bertz CT molecular complexity index is 597. The molecule has 26 heavy (non-hydrogen) atoms. The van der Waals surface area contributed by atoms with E-state index in [-0.39, 0.29) is 36.5 Å². The fraction of sp³-hybridized carbons (Fsp3) is 0.556. The number of aliphatic hydroxyl groups is 1. The van der Waals surface area contributed by atoms with Gasteiger partial charge in [-0.3, -0.25) is 4.79 Å². The van der Waals surface area contributed by atoms with Crippen LogP contribution in [-0.2, 0) is 9.53 Å². The van der Waals surface area contributed by atoms with E-state index in [0.29, 0.717) is 25.1 Å². The summed E-state index contributed by atoms with van der Waals surface area (Å²) in [6.45, 7) is 2.02. The van der Waals surface area contributed by atoms with Crippen LogP contribution >= 0.6 is 0 Å². The van der Waals surface area contributed by atoms with Gasteiger partial charge in [-0.15, -0.1) is 0 Å². The van der Waals surface area contributed by atoms with E-state index in [1.807, 2.05) is 0 Å². The Morgan fingerprint density at radius 3 is 2.65 bits per heavy atom. The molecular weight excluding hydrogens is 341 g/mol. The van der Waals surface area contributed by atoms with E-state index in [1.54, 1.807) is 6.92 Å². The van der Waals surface area contributed by atoms with Gasteiger partial charge >= 0.3 is 6.03 Å². The molecule has 1 heterocycles. The van der Waals surface area contributed by atoms with Gasteiger partial charge in [-0.1, -0.05) is 6.92 Å². The number of rotatable bonds is 7. The van der Waals surface area contributed by atoms with Crippen molar-refractivity contribution in [3.8, 4) is 0 Å². The summed E-state index contributed by atoms with van der Waals surface area (Å²) < 4.78 is 18.7. The molecule has 1 saturated heterocycles. The highest BCUT2D eigenvalue weighted by Crippen LogP contribution is 2.21. The molecule has 3 amide bonds. The van der Waals surface area contributed by atoms with Crippen LogP contribution in [0.25, 0.3) is 0 Å². The normalized spacial score (nSPS) is 22.5. The molecule has 3 atom stereocenters. The van der Waals surface area contributed by atoms with Crippen LogP contribution in [0.15, 0.2) is 24.3 Å². The Morgan fingerprint density at radius 2 is 2.00 bits per heavy atom. The quantitative estimate of drug-likeness (QED) is 0.590. The second-order valence-electron chi connectivity index (χ2n) is 6.26. The van der Waals surface area contributed by atoms with Gasteiger partial charge in [0, 0.05) is 18.7 Å². The molecular formula is C18H26FN3O4. The standard InChI is InChI=1S/C18H26FN3O4/c1-2-17(24)22-15-8-7-14(26-16(15)11-23)9-10-20-18(25)21-13-5-3-12(19)4-6-13/h3-6,14-16,23H,2,7-11H2,1H3,(H,22,24)(H2,20,21,25)/t14-,15+,16-/m1/s1. The third kappa shape index (κ3) is 6.27. The van der Waals surface area contributed by atoms with Crippen molar-refractivity contribution in [2.45, 2.75) is 50.9 Å². The minimum atomic E-state index is -0.433. The van der Waals surface area contributed by atoms with Crippen LogP contribution in [-0.4, -0.2) is 48.4 Å². The molecule has 0 aromatic heterocycles. The highest BCUT2D eigenvalue weighted by atomic mass is 19.1. The molecule has 0 spiro atoms. The Kier molecular flexibility index (Phi) is 7.80. The Morgan fingerprint density at radius 1 is 1.27 bits per heavy atom. The van der Waals surface area contributed by atoms with E-state index < -0.39 is 6.10 Å². The van der Waals surface area contributed by atoms with E-state index in [0.717, 1.165) is 12.8 Å². The summed E-state index contributed by atoms with van der Waals surface area (Å²) in [7, 11) is 0. The second-order valence-corrected chi connectivity index (χ2v) is 6.26. The molecule has 2 rings (SSSR count). The highest BCUT2D eigenvalue weighted by Gasteiger charge is 2.31. The highest BCUT2D eigenvalue weighted by molar-refractivity contribution is 5.89. The minimum Gasteiger partial charge on any atom is -0.394 e. The number of hydrogen-bond donors (Lipinski definition) is 4. The molecule has 1 aromatic rings. The number of carbonyl (C=O) groups is 2. The van der Waals surface area contributed by atoms with Crippen LogP contribution in [0.4, 0.5) is 14.9 Å².